The van der Waals surface area contributed by atoms with Gasteiger partial charge in [-0.15, -0.1) is 0 Å². The SMILES string of the molecule is CC(NC(=O)C1(c2ccccc2)CCN(C(=O)CCc2ccccc2)CC1)c1ccccc1. The van der Waals surface area contributed by atoms with Crippen LogP contribution in [0, 0.1) is 0 Å². The van der Waals surface area contributed by atoms with Gasteiger partial charge in [0, 0.05) is 19.5 Å². The number of nitrogens with zero attached hydrogens (tertiary/aromatic N) is 1. The lowest BCUT2D eigenvalue weighted by Crippen LogP contribution is -2.53. The Balaban J connectivity index is 1.45. The number of rotatable bonds is 7. The van der Waals surface area contributed by atoms with Crippen molar-refractivity contribution in [1.29, 1.82) is 0 Å². The number of benzene rings is 3. The summed E-state index contributed by atoms with van der Waals surface area (Å²) < 4.78 is 0. The lowest BCUT2D eigenvalue weighted by Gasteiger charge is -2.41. The van der Waals surface area contributed by atoms with E-state index in [-0.39, 0.29) is 17.9 Å². The van der Waals surface area contributed by atoms with Crippen molar-refractivity contribution in [3.8, 4) is 0 Å². The van der Waals surface area contributed by atoms with E-state index in [1.165, 1.54) is 5.56 Å². The second kappa shape index (κ2) is 10.5. The summed E-state index contributed by atoms with van der Waals surface area (Å²) in [5, 5.41) is 3.25. The first-order valence-corrected chi connectivity index (χ1v) is 11.8. The molecule has 0 aliphatic carbocycles. The van der Waals surface area contributed by atoms with Gasteiger partial charge in [-0.25, -0.2) is 0 Å². The maximum Gasteiger partial charge on any atom is 0.231 e. The van der Waals surface area contributed by atoms with Gasteiger partial charge in [-0.05, 0) is 42.9 Å². The summed E-state index contributed by atoms with van der Waals surface area (Å²) in [5.74, 6) is 0.208. The molecule has 0 saturated carbocycles. The third kappa shape index (κ3) is 5.33. The van der Waals surface area contributed by atoms with Gasteiger partial charge in [0.1, 0.15) is 0 Å². The predicted molar refractivity (Wildman–Crippen MR) is 132 cm³/mol. The molecule has 1 saturated heterocycles. The van der Waals surface area contributed by atoms with E-state index in [0.717, 1.165) is 17.5 Å². The minimum atomic E-state index is -0.624. The Morgan fingerprint density at radius 2 is 1.39 bits per heavy atom. The van der Waals surface area contributed by atoms with Crippen molar-refractivity contribution in [1.82, 2.24) is 10.2 Å². The molecule has 4 nitrogen and oxygen atoms in total. The maximum atomic E-state index is 13.7. The number of aryl methyl sites for hydroxylation is 1. The van der Waals surface area contributed by atoms with Crippen molar-refractivity contribution in [2.24, 2.45) is 0 Å². The van der Waals surface area contributed by atoms with Gasteiger partial charge in [0.15, 0.2) is 0 Å². The summed E-state index contributed by atoms with van der Waals surface area (Å²) in [7, 11) is 0. The second-order valence-electron chi connectivity index (χ2n) is 8.92. The van der Waals surface area contributed by atoms with Crippen LogP contribution >= 0.6 is 0 Å². The molecule has 1 atom stereocenters. The van der Waals surface area contributed by atoms with E-state index in [1.54, 1.807) is 0 Å². The standard InChI is InChI=1S/C29H32N2O2/c1-23(25-13-7-3-8-14-25)30-28(33)29(26-15-9-4-10-16-26)19-21-31(22-20-29)27(32)18-17-24-11-5-2-6-12-24/h2-16,23H,17-22H2,1H3,(H,30,33). The smallest absolute Gasteiger partial charge is 0.231 e. The Kier molecular flexibility index (Phi) is 7.23. The summed E-state index contributed by atoms with van der Waals surface area (Å²) in [6.07, 6.45) is 2.50. The fourth-order valence-corrected chi connectivity index (χ4v) is 4.76. The molecule has 0 radical (unpaired) electrons. The first kappa shape index (κ1) is 22.8. The highest BCUT2D eigenvalue weighted by atomic mass is 16.2. The lowest BCUT2D eigenvalue weighted by atomic mass is 9.71. The van der Waals surface area contributed by atoms with Crippen LogP contribution in [0.3, 0.4) is 0 Å². The average molecular weight is 441 g/mol. The number of amides is 2. The van der Waals surface area contributed by atoms with Crippen LogP contribution < -0.4 is 5.32 Å². The molecule has 1 unspecified atom stereocenters. The zero-order valence-corrected chi connectivity index (χ0v) is 19.2. The van der Waals surface area contributed by atoms with Crippen LogP contribution in [0.2, 0.25) is 0 Å². The van der Waals surface area contributed by atoms with E-state index in [1.807, 2.05) is 90.7 Å². The average Bonchev–Trinajstić information content (AvgIpc) is 2.89. The topological polar surface area (TPSA) is 49.4 Å². The summed E-state index contributed by atoms with van der Waals surface area (Å²) in [5.41, 5.74) is 2.66. The van der Waals surface area contributed by atoms with Crippen LogP contribution in [0.4, 0.5) is 0 Å². The molecule has 3 aromatic rings. The van der Waals surface area contributed by atoms with Crippen LogP contribution in [0.1, 0.15) is 48.9 Å². The fraction of sp³-hybridized carbons (Fsp3) is 0.310. The van der Waals surface area contributed by atoms with Gasteiger partial charge >= 0.3 is 0 Å². The number of carbonyl (C=O) groups excluding carboxylic acids is 2. The van der Waals surface area contributed by atoms with Crippen molar-refractivity contribution >= 4 is 11.8 Å². The summed E-state index contributed by atoms with van der Waals surface area (Å²) in [6.45, 7) is 3.21. The van der Waals surface area contributed by atoms with Crippen LogP contribution in [-0.4, -0.2) is 29.8 Å². The zero-order chi connectivity index (χ0) is 23.1. The van der Waals surface area contributed by atoms with Gasteiger partial charge in [0.05, 0.1) is 11.5 Å². The monoisotopic (exact) mass is 440 g/mol. The van der Waals surface area contributed by atoms with E-state index in [2.05, 4.69) is 17.4 Å². The van der Waals surface area contributed by atoms with Crippen molar-refractivity contribution in [3.05, 3.63) is 108 Å². The highest BCUT2D eigenvalue weighted by Gasteiger charge is 2.43. The minimum Gasteiger partial charge on any atom is -0.349 e. The molecule has 2 amide bonds. The summed E-state index contributed by atoms with van der Waals surface area (Å²) in [6, 6.07) is 30.1. The Hall–Kier alpha value is -3.40. The van der Waals surface area contributed by atoms with Gasteiger partial charge < -0.3 is 10.2 Å². The molecule has 1 aliphatic rings. The molecule has 1 aliphatic heterocycles. The summed E-state index contributed by atoms with van der Waals surface area (Å²) in [4.78, 5) is 28.5. The molecule has 0 aromatic heterocycles. The maximum absolute atomic E-state index is 13.7. The van der Waals surface area contributed by atoms with Gasteiger partial charge in [-0.3, -0.25) is 9.59 Å². The van der Waals surface area contributed by atoms with Crippen molar-refractivity contribution in [3.63, 3.8) is 0 Å². The van der Waals surface area contributed by atoms with Crippen molar-refractivity contribution in [2.45, 2.75) is 44.1 Å². The zero-order valence-electron chi connectivity index (χ0n) is 19.2. The fourth-order valence-electron chi connectivity index (χ4n) is 4.76. The van der Waals surface area contributed by atoms with E-state index in [4.69, 9.17) is 0 Å². The quantitative estimate of drug-likeness (QED) is 0.558. The number of piperidine rings is 1. The van der Waals surface area contributed by atoms with E-state index in [0.29, 0.717) is 32.4 Å². The Labute approximate surface area is 196 Å². The molecular weight excluding hydrogens is 408 g/mol. The molecule has 170 valence electrons. The van der Waals surface area contributed by atoms with E-state index in [9.17, 15) is 9.59 Å². The highest BCUT2D eigenvalue weighted by molar-refractivity contribution is 5.89. The van der Waals surface area contributed by atoms with Crippen molar-refractivity contribution in [2.75, 3.05) is 13.1 Å². The molecule has 3 aromatic carbocycles. The lowest BCUT2D eigenvalue weighted by molar-refractivity contribution is -0.137. The number of likely N-dealkylation sites (tertiary alicyclic amines) is 1. The highest BCUT2D eigenvalue weighted by Crippen LogP contribution is 2.37. The molecule has 0 spiro atoms. The predicted octanol–water partition coefficient (Wildman–Crippen LogP) is 5.06. The number of carbonyl (C=O) groups is 2. The van der Waals surface area contributed by atoms with Gasteiger partial charge in [0.25, 0.3) is 0 Å². The first-order valence-electron chi connectivity index (χ1n) is 11.8. The molecule has 1 fully saturated rings. The van der Waals surface area contributed by atoms with Crippen LogP contribution in [0.25, 0.3) is 0 Å². The molecule has 1 N–H and O–H groups in total. The molecule has 4 rings (SSSR count). The number of nitrogens with one attached hydrogen (secondary N) is 1. The van der Waals surface area contributed by atoms with Crippen LogP contribution in [0.5, 0.6) is 0 Å². The van der Waals surface area contributed by atoms with Gasteiger partial charge in [-0.1, -0.05) is 91.0 Å². The molecule has 33 heavy (non-hydrogen) atoms. The van der Waals surface area contributed by atoms with E-state index >= 15 is 0 Å². The molecular formula is C29H32N2O2. The Bertz CT molecular complexity index is 1040. The molecule has 4 heteroatoms. The third-order valence-corrected chi connectivity index (χ3v) is 6.85. The van der Waals surface area contributed by atoms with E-state index < -0.39 is 5.41 Å². The van der Waals surface area contributed by atoms with Crippen LogP contribution in [0.15, 0.2) is 91.0 Å². The normalized spacial score (nSPS) is 16.1. The van der Waals surface area contributed by atoms with Gasteiger partial charge in [-0.2, -0.15) is 0 Å². The van der Waals surface area contributed by atoms with Crippen LogP contribution in [-0.2, 0) is 21.4 Å². The third-order valence-electron chi connectivity index (χ3n) is 6.85. The van der Waals surface area contributed by atoms with Gasteiger partial charge in [0.2, 0.25) is 11.8 Å². The van der Waals surface area contributed by atoms with Crippen molar-refractivity contribution < 1.29 is 9.59 Å². The number of hydrogen-bond acceptors (Lipinski definition) is 2. The Morgan fingerprint density at radius 1 is 0.848 bits per heavy atom. The second-order valence-corrected chi connectivity index (χ2v) is 8.92. The first-order chi connectivity index (χ1) is 16.1. The largest absolute Gasteiger partial charge is 0.349 e. The number of hydrogen-bond donors (Lipinski definition) is 1. The molecule has 1 heterocycles. The Morgan fingerprint density at radius 3 is 2.00 bits per heavy atom. The summed E-state index contributed by atoms with van der Waals surface area (Å²) >= 11 is 0. The minimum absolute atomic E-state index is 0.0430. The molecule has 0 bridgehead atoms.